The summed E-state index contributed by atoms with van der Waals surface area (Å²) in [5.41, 5.74) is -1.01. The molecular formula is C21H18F3N3O4. The first kappa shape index (κ1) is 21.9. The molecule has 1 heterocycles. The molecule has 31 heavy (non-hydrogen) atoms. The number of ether oxygens (including phenoxy) is 2. The van der Waals surface area contributed by atoms with Crippen LogP contribution >= 0.6 is 0 Å². The first-order valence-electron chi connectivity index (χ1n) is 8.99. The lowest BCUT2D eigenvalue weighted by Gasteiger charge is -2.14. The molecular weight excluding hydrogens is 415 g/mol. The number of carbonyl (C=O) groups excluding carboxylic acids is 1. The van der Waals surface area contributed by atoms with Gasteiger partial charge in [0.25, 0.3) is 5.56 Å². The summed E-state index contributed by atoms with van der Waals surface area (Å²) in [4.78, 5) is 24.5. The van der Waals surface area contributed by atoms with Crippen molar-refractivity contribution in [1.82, 2.24) is 9.78 Å². The van der Waals surface area contributed by atoms with Gasteiger partial charge in [-0.05, 0) is 36.4 Å². The largest absolute Gasteiger partial charge is 0.493 e. The molecule has 1 aromatic heterocycles. The number of amides is 1. The van der Waals surface area contributed by atoms with E-state index in [2.05, 4.69) is 10.4 Å². The molecule has 0 radical (unpaired) electrons. The number of hydrogen-bond acceptors (Lipinski definition) is 5. The van der Waals surface area contributed by atoms with Crippen LogP contribution in [0, 0.1) is 0 Å². The van der Waals surface area contributed by atoms with E-state index in [4.69, 9.17) is 9.47 Å². The van der Waals surface area contributed by atoms with Gasteiger partial charge in [0.15, 0.2) is 11.5 Å². The van der Waals surface area contributed by atoms with Gasteiger partial charge in [0.05, 0.1) is 31.2 Å². The van der Waals surface area contributed by atoms with Crippen molar-refractivity contribution in [3.8, 4) is 22.8 Å². The molecule has 0 aliphatic rings. The Labute approximate surface area is 175 Å². The molecule has 0 spiro atoms. The van der Waals surface area contributed by atoms with Crippen LogP contribution in [0.2, 0.25) is 0 Å². The molecule has 0 saturated carbocycles. The van der Waals surface area contributed by atoms with Crippen LogP contribution in [0.1, 0.15) is 5.56 Å². The molecule has 0 saturated heterocycles. The topological polar surface area (TPSA) is 82.5 Å². The first-order valence-corrected chi connectivity index (χ1v) is 8.99. The fraction of sp³-hybridized carbons (Fsp3) is 0.190. The number of nitrogens with one attached hydrogen (secondary N) is 1. The molecule has 0 aliphatic heterocycles. The lowest BCUT2D eigenvalue weighted by Crippen LogP contribution is -2.29. The number of halogens is 3. The maximum Gasteiger partial charge on any atom is 0.418 e. The number of nitrogens with zero attached hydrogens (tertiary/aromatic N) is 2. The molecule has 3 rings (SSSR count). The third-order valence-corrected chi connectivity index (χ3v) is 4.35. The summed E-state index contributed by atoms with van der Waals surface area (Å²) >= 11 is 0. The zero-order chi connectivity index (χ0) is 22.6. The molecule has 0 fully saturated rings. The summed E-state index contributed by atoms with van der Waals surface area (Å²) in [6.07, 6.45) is -4.63. The Bertz CT molecular complexity index is 1160. The summed E-state index contributed by atoms with van der Waals surface area (Å²) in [5, 5.41) is 6.34. The molecule has 0 atom stereocenters. The van der Waals surface area contributed by atoms with Gasteiger partial charge < -0.3 is 14.8 Å². The second-order valence-corrected chi connectivity index (χ2v) is 6.38. The summed E-state index contributed by atoms with van der Waals surface area (Å²) in [7, 11) is 2.96. The standard InChI is InChI=1S/C21H18F3N3O4/c1-30-17-9-7-13(11-18(17)31-2)15-8-10-20(29)27(26-15)12-19(28)25-16-6-4-3-5-14(16)21(22,23)24/h3-11H,12H2,1-2H3,(H,25,28). The van der Waals surface area contributed by atoms with Crippen LogP contribution in [0.5, 0.6) is 11.5 Å². The predicted molar refractivity (Wildman–Crippen MR) is 107 cm³/mol. The number of para-hydroxylation sites is 1. The lowest BCUT2D eigenvalue weighted by molar-refractivity contribution is -0.137. The van der Waals surface area contributed by atoms with Crippen LogP contribution < -0.4 is 20.3 Å². The van der Waals surface area contributed by atoms with Crippen LogP contribution in [-0.2, 0) is 17.5 Å². The molecule has 7 nitrogen and oxygen atoms in total. The second-order valence-electron chi connectivity index (χ2n) is 6.38. The Morgan fingerprint density at radius 2 is 1.74 bits per heavy atom. The lowest BCUT2D eigenvalue weighted by atomic mass is 10.1. The first-order chi connectivity index (χ1) is 14.7. The highest BCUT2D eigenvalue weighted by Gasteiger charge is 2.33. The fourth-order valence-corrected chi connectivity index (χ4v) is 2.88. The van der Waals surface area contributed by atoms with Crippen LogP contribution in [0.3, 0.4) is 0 Å². The zero-order valence-electron chi connectivity index (χ0n) is 16.6. The zero-order valence-corrected chi connectivity index (χ0v) is 16.6. The maximum atomic E-state index is 13.1. The van der Waals surface area contributed by atoms with Gasteiger partial charge in [-0.2, -0.15) is 18.3 Å². The van der Waals surface area contributed by atoms with E-state index in [0.29, 0.717) is 22.8 Å². The summed E-state index contributed by atoms with van der Waals surface area (Å²) < 4.78 is 50.6. The number of rotatable bonds is 6. The van der Waals surface area contributed by atoms with Crippen molar-refractivity contribution < 1.29 is 27.4 Å². The van der Waals surface area contributed by atoms with E-state index in [9.17, 15) is 22.8 Å². The molecule has 1 amide bonds. The number of benzene rings is 2. The number of alkyl halides is 3. The van der Waals surface area contributed by atoms with Crippen molar-refractivity contribution in [2.24, 2.45) is 0 Å². The van der Waals surface area contributed by atoms with Gasteiger partial charge in [0.2, 0.25) is 5.91 Å². The Morgan fingerprint density at radius 1 is 1.03 bits per heavy atom. The maximum absolute atomic E-state index is 13.1. The van der Waals surface area contributed by atoms with E-state index in [-0.39, 0.29) is 0 Å². The van der Waals surface area contributed by atoms with Gasteiger partial charge in [-0.25, -0.2) is 4.68 Å². The van der Waals surface area contributed by atoms with Crippen molar-refractivity contribution in [1.29, 1.82) is 0 Å². The Balaban J connectivity index is 1.85. The van der Waals surface area contributed by atoms with Crippen molar-refractivity contribution in [3.05, 3.63) is 70.5 Å². The van der Waals surface area contributed by atoms with Gasteiger partial charge in [-0.1, -0.05) is 12.1 Å². The molecule has 0 bridgehead atoms. The van der Waals surface area contributed by atoms with Crippen LogP contribution in [0.4, 0.5) is 18.9 Å². The van der Waals surface area contributed by atoms with E-state index in [1.165, 1.54) is 38.5 Å². The third kappa shape index (κ3) is 5.03. The highest BCUT2D eigenvalue weighted by Crippen LogP contribution is 2.34. The molecule has 3 aromatic rings. The molecule has 0 aliphatic carbocycles. The Hall–Kier alpha value is -3.82. The van der Waals surface area contributed by atoms with E-state index < -0.39 is 35.4 Å². The molecule has 2 aromatic carbocycles. The second kappa shape index (κ2) is 8.90. The normalized spacial score (nSPS) is 11.1. The molecule has 10 heteroatoms. The summed E-state index contributed by atoms with van der Waals surface area (Å²) in [5.74, 6) is 0.124. The monoisotopic (exact) mass is 433 g/mol. The van der Waals surface area contributed by atoms with Crippen molar-refractivity contribution in [3.63, 3.8) is 0 Å². The minimum Gasteiger partial charge on any atom is -0.493 e. The molecule has 1 N–H and O–H groups in total. The van der Waals surface area contributed by atoms with E-state index in [1.807, 2.05) is 0 Å². The average Bonchev–Trinajstić information content (AvgIpc) is 2.74. The van der Waals surface area contributed by atoms with Crippen molar-refractivity contribution in [2.45, 2.75) is 12.7 Å². The van der Waals surface area contributed by atoms with E-state index >= 15 is 0 Å². The van der Waals surface area contributed by atoms with Crippen LogP contribution in [0.15, 0.2) is 59.4 Å². The summed E-state index contributed by atoms with van der Waals surface area (Å²) in [6.45, 7) is -0.563. The number of hydrogen-bond donors (Lipinski definition) is 1. The highest BCUT2D eigenvalue weighted by molar-refractivity contribution is 5.91. The van der Waals surface area contributed by atoms with Crippen LogP contribution in [-0.4, -0.2) is 29.9 Å². The quantitative estimate of drug-likeness (QED) is 0.643. The van der Waals surface area contributed by atoms with Crippen molar-refractivity contribution in [2.75, 3.05) is 19.5 Å². The van der Waals surface area contributed by atoms with Gasteiger partial charge in [0.1, 0.15) is 6.54 Å². The minimum atomic E-state index is -4.63. The van der Waals surface area contributed by atoms with Gasteiger partial charge in [0, 0.05) is 11.6 Å². The van der Waals surface area contributed by atoms with E-state index in [0.717, 1.165) is 16.8 Å². The third-order valence-electron chi connectivity index (χ3n) is 4.35. The summed E-state index contributed by atoms with van der Waals surface area (Å²) in [6, 6.07) is 12.3. The minimum absolute atomic E-state index is 0.365. The van der Waals surface area contributed by atoms with Gasteiger partial charge >= 0.3 is 6.18 Å². The average molecular weight is 433 g/mol. The Morgan fingerprint density at radius 3 is 2.42 bits per heavy atom. The van der Waals surface area contributed by atoms with Gasteiger partial charge in [-0.15, -0.1) is 0 Å². The SMILES string of the molecule is COc1ccc(-c2ccc(=O)n(CC(=O)Nc3ccccc3C(F)(F)F)n2)cc1OC. The molecule has 162 valence electrons. The van der Waals surface area contributed by atoms with Gasteiger partial charge in [-0.3, -0.25) is 9.59 Å². The van der Waals surface area contributed by atoms with Crippen molar-refractivity contribution >= 4 is 11.6 Å². The van der Waals surface area contributed by atoms with E-state index in [1.54, 1.807) is 18.2 Å². The Kier molecular flexibility index (Phi) is 6.28. The smallest absolute Gasteiger partial charge is 0.418 e. The number of methoxy groups -OCH3 is 2. The number of anilines is 1. The fourth-order valence-electron chi connectivity index (χ4n) is 2.88. The number of aromatic nitrogens is 2. The molecule has 0 unspecified atom stereocenters. The number of carbonyl (C=O) groups is 1. The van der Waals surface area contributed by atoms with Crippen LogP contribution in [0.25, 0.3) is 11.3 Å². The highest BCUT2D eigenvalue weighted by atomic mass is 19.4. The predicted octanol–water partition coefficient (Wildman–Crippen LogP) is 3.59.